The number of carbonyl (C=O) groups excluding carboxylic acids is 2. The molecule has 3 unspecified atom stereocenters. The molecule has 1 heterocycles. The highest BCUT2D eigenvalue weighted by Crippen LogP contribution is 2.43. The van der Waals surface area contributed by atoms with E-state index in [1.54, 1.807) is 17.8 Å². The fourth-order valence-electron chi connectivity index (χ4n) is 7.01. The molecule has 1 aliphatic heterocycles. The third-order valence-electron chi connectivity index (χ3n) is 9.37. The van der Waals surface area contributed by atoms with Crippen molar-refractivity contribution in [1.29, 1.82) is 0 Å². The van der Waals surface area contributed by atoms with Crippen LogP contribution in [0.4, 0.5) is 0 Å². The molecule has 0 aromatic heterocycles. The molecule has 0 saturated heterocycles. The van der Waals surface area contributed by atoms with Crippen molar-refractivity contribution in [3.63, 3.8) is 0 Å². The Labute approximate surface area is 246 Å². The lowest BCUT2D eigenvalue weighted by Gasteiger charge is -2.39. The molecule has 2 aliphatic rings. The number of hydrogen-bond donors (Lipinski definition) is 1. The second kappa shape index (κ2) is 14.4. The van der Waals surface area contributed by atoms with Gasteiger partial charge in [-0.05, 0) is 107 Å². The first-order valence-electron chi connectivity index (χ1n) is 14.8. The Morgan fingerprint density at radius 3 is 2.44 bits per heavy atom. The van der Waals surface area contributed by atoms with Gasteiger partial charge in [0, 0.05) is 48.3 Å². The molecular formula is C32H50ClN3O2S. The maximum absolute atomic E-state index is 13.5. The van der Waals surface area contributed by atoms with E-state index in [1.165, 1.54) is 37.7 Å². The number of Topliss-reactive ketones (excluding diaryl/α,β-unsaturated/α-hetero) is 1. The van der Waals surface area contributed by atoms with Gasteiger partial charge in [-0.1, -0.05) is 38.8 Å². The minimum Gasteiger partial charge on any atom is -0.368 e. The molecule has 1 aromatic rings. The van der Waals surface area contributed by atoms with Crippen molar-refractivity contribution in [3.8, 4) is 0 Å². The van der Waals surface area contributed by atoms with E-state index < -0.39 is 0 Å². The monoisotopic (exact) mass is 575 g/mol. The Kier molecular flexibility index (Phi) is 11.8. The molecular weight excluding hydrogens is 526 g/mol. The summed E-state index contributed by atoms with van der Waals surface area (Å²) in [6.45, 7) is 9.68. The minimum absolute atomic E-state index is 0.0264. The first kappa shape index (κ1) is 32.0. The maximum atomic E-state index is 13.5. The van der Waals surface area contributed by atoms with Crippen LogP contribution in [-0.4, -0.2) is 68.0 Å². The van der Waals surface area contributed by atoms with Crippen LogP contribution in [0.5, 0.6) is 0 Å². The van der Waals surface area contributed by atoms with Crippen molar-refractivity contribution >= 4 is 35.1 Å². The third kappa shape index (κ3) is 7.42. The summed E-state index contributed by atoms with van der Waals surface area (Å²) in [6, 6.07) is 4.55. The third-order valence-corrected chi connectivity index (χ3v) is 10.5. The van der Waals surface area contributed by atoms with Crippen LogP contribution < -0.4 is 5.32 Å². The molecule has 1 amide bonds. The van der Waals surface area contributed by atoms with E-state index >= 15 is 0 Å². The molecule has 1 saturated carbocycles. The van der Waals surface area contributed by atoms with Crippen LogP contribution in [0, 0.1) is 24.7 Å². The summed E-state index contributed by atoms with van der Waals surface area (Å²) in [5.74, 6) is 1.56. The van der Waals surface area contributed by atoms with Gasteiger partial charge in [0.15, 0.2) is 5.78 Å². The first-order valence-corrected chi connectivity index (χ1v) is 16.4. The Hall–Kier alpha value is -1.50. The van der Waals surface area contributed by atoms with E-state index in [1.807, 2.05) is 13.3 Å². The highest BCUT2D eigenvalue weighted by atomic mass is 35.5. The second-order valence-corrected chi connectivity index (χ2v) is 13.2. The molecule has 1 aromatic carbocycles. The van der Waals surface area contributed by atoms with Crippen molar-refractivity contribution in [2.45, 2.75) is 84.6 Å². The summed E-state index contributed by atoms with van der Waals surface area (Å²) in [5, 5.41) is 4.63. The van der Waals surface area contributed by atoms with Gasteiger partial charge in [-0.2, -0.15) is 0 Å². The predicted molar refractivity (Wildman–Crippen MR) is 167 cm³/mol. The number of ketones is 1. The molecule has 3 atom stereocenters. The molecule has 0 radical (unpaired) electrons. The number of carbonyl (C=O) groups is 2. The summed E-state index contributed by atoms with van der Waals surface area (Å²) in [5.41, 5.74) is 3.52. The molecule has 1 fully saturated rings. The summed E-state index contributed by atoms with van der Waals surface area (Å²) in [7, 11) is 6.42. The average Bonchev–Trinajstić information content (AvgIpc) is 2.92. The van der Waals surface area contributed by atoms with Gasteiger partial charge < -0.3 is 15.1 Å². The normalized spacial score (nSPS) is 23.8. The van der Waals surface area contributed by atoms with E-state index in [9.17, 15) is 9.59 Å². The molecule has 3 rings (SSSR count). The molecule has 218 valence electrons. The van der Waals surface area contributed by atoms with E-state index in [-0.39, 0.29) is 24.2 Å². The number of halogens is 1. The minimum atomic E-state index is -0.163. The Balaban J connectivity index is 1.82. The van der Waals surface area contributed by atoms with Gasteiger partial charge >= 0.3 is 0 Å². The number of nitrogens with zero attached hydrogens (tertiary/aromatic N) is 2. The van der Waals surface area contributed by atoms with Crippen molar-refractivity contribution in [3.05, 3.63) is 44.4 Å². The zero-order valence-corrected chi connectivity index (χ0v) is 27.0. The van der Waals surface area contributed by atoms with Crippen molar-refractivity contribution in [1.82, 2.24) is 15.1 Å². The molecule has 0 spiro atoms. The van der Waals surface area contributed by atoms with E-state index in [0.717, 1.165) is 30.0 Å². The van der Waals surface area contributed by atoms with Gasteiger partial charge in [0.25, 0.3) is 5.91 Å². The largest absolute Gasteiger partial charge is 0.368 e. The zero-order valence-electron chi connectivity index (χ0n) is 25.4. The van der Waals surface area contributed by atoms with Gasteiger partial charge in [-0.15, -0.1) is 11.8 Å². The Bertz CT molecular complexity index is 1050. The van der Waals surface area contributed by atoms with Crippen LogP contribution in [0.25, 0.3) is 0 Å². The summed E-state index contributed by atoms with van der Waals surface area (Å²) in [4.78, 5) is 31.2. The average molecular weight is 576 g/mol. The lowest BCUT2D eigenvalue weighted by molar-refractivity contribution is -0.120. The SMILES string of the molecule is CCCC(C1CCC(N(C)C)CC1)C(C)c1cc(Cl)cc(C(=O)NCC2=C(SC)N(C)CC(CC)C2=O)c1C. The summed E-state index contributed by atoms with van der Waals surface area (Å²) >= 11 is 8.22. The van der Waals surface area contributed by atoms with E-state index in [0.29, 0.717) is 40.0 Å². The summed E-state index contributed by atoms with van der Waals surface area (Å²) in [6.07, 6.45) is 10.2. The van der Waals surface area contributed by atoms with Gasteiger partial charge in [0.2, 0.25) is 0 Å². The summed E-state index contributed by atoms with van der Waals surface area (Å²) < 4.78 is 0. The van der Waals surface area contributed by atoms with Crippen molar-refractivity contribution < 1.29 is 9.59 Å². The maximum Gasteiger partial charge on any atom is 0.251 e. The highest BCUT2D eigenvalue weighted by molar-refractivity contribution is 8.02. The standard InChI is InChI=1S/C32H50ClN3O2S/c1-9-11-26(23-12-14-25(15-13-23)35(5)6)20(3)27-16-24(33)17-28(21(27)4)31(38)34-18-29-30(37)22(10-2)19-36(7)32(29)39-8/h16-17,20,22-23,25-26H,9-15,18-19H2,1-8H3,(H,34,38). The number of rotatable bonds is 11. The number of amides is 1. The lowest BCUT2D eigenvalue weighted by Crippen LogP contribution is -2.40. The van der Waals surface area contributed by atoms with Crippen molar-refractivity contribution in [2.75, 3.05) is 40.5 Å². The first-order chi connectivity index (χ1) is 18.5. The van der Waals surface area contributed by atoms with Crippen LogP contribution in [0.3, 0.4) is 0 Å². The topological polar surface area (TPSA) is 52.7 Å². The Morgan fingerprint density at radius 2 is 1.87 bits per heavy atom. The van der Waals surface area contributed by atoms with Gasteiger partial charge in [0.1, 0.15) is 0 Å². The quantitative estimate of drug-likeness (QED) is 0.304. The van der Waals surface area contributed by atoms with Crippen LogP contribution in [0.1, 0.15) is 93.1 Å². The Morgan fingerprint density at radius 1 is 1.21 bits per heavy atom. The van der Waals surface area contributed by atoms with E-state index in [2.05, 4.69) is 63.0 Å². The number of hydrogen-bond acceptors (Lipinski definition) is 5. The van der Waals surface area contributed by atoms with Crippen molar-refractivity contribution in [2.24, 2.45) is 17.8 Å². The molecule has 7 heteroatoms. The number of benzene rings is 1. The van der Waals surface area contributed by atoms with Crippen LogP contribution in [0.2, 0.25) is 5.02 Å². The van der Waals surface area contributed by atoms with Gasteiger partial charge in [-0.3, -0.25) is 9.59 Å². The molecule has 0 bridgehead atoms. The molecule has 39 heavy (non-hydrogen) atoms. The van der Waals surface area contributed by atoms with Gasteiger partial charge in [0.05, 0.1) is 5.03 Å². The lowest BCUT2D eigenvalue weighted by atomic mass is 9.69. The van der Waals surface area contributed by atoms with Crippen LogP contribution in [-0.2, 0) is 4.79 Å². The molecule has 1 N–H and O–H groups in total. The fraction of sp³-hybridized carbons (Fsp3) is 0.688. The predicted octanol–water partition coefficient (Wildman–Crippen LogP) is 7.13. The zero-order chi connectivity index (χ0) is 28.9. The smallest absolute Gasteiger partial charge is 0.251 e. The second-order valence-electron chi connectivity index (χ2n) is 12.0. The number of thioether (sulfide) groups is 1. The van der Waals surface area contributed by atoms with E-state index in [4.69, 9.17) is 11.6 Å². The van der Waals surface area contributed by atoms with Gasteiger partial charge in [-0.25, -0.2) is 0 Å². The van der Waals surface area contributed by atoms with Crippen LogP contribution in [0.15, 0.2) is 22.7 Å². The van der Waals surface area contributed by atoms with Crippen LogP contribution >= 0.6 is 23.4 Å². The molecule has 1 aliphatic carbocycles. The fourth-order valence-corrected chi connectivity index (χ4v) is 8.04. The highest BCUT2D eigenvalue weighted by Gasteiger charge is 2.34. The number of nitrogens with one attached hydrogen (secondary N) is 1. The molecule has 5 nitrogen and oxygen atoms in total.